The van der Waals surface area contributed by atoms with Gasteiger partial charge in [-0.25, -0.2) is 0 Å². The van der Waals surface area contributed by atoms with E-state index in [0.717, 1.165) is 0 Å². The van der Waals surface area contributed by atoms with Crippen molar-refractivity contribution < 1.29 is 24.3 Å². The van der Waals surface area contributed by atoms with Gasteiger partial charge < -0.3 is 24.4 Å². The molecule has 1 aliphatic rings. The Morgan fingerprint density at radius 2 is 1.92 bits per heavy atom. The number of ether oxygens (including phenoxy) is 1. The number of pyridine rings is 1. The largest absolute Gasteiger partial charge is 0.493 e. The SMILES string of the molecule is CC(C)(O)C(C)(C)OB(O)c1cncc(C(=O)N2CCOCC2)c1. The summed E-state index contributed by atoms with van der Waals surface area (Å²) in [5, 5.41) is 20.4. The molecule has 1 aromatic heterocycles. The Morgan fingerprint density at radius 3 is 2.50 bits per heavy atom. The number of hydrogen-bond donors (Lipinski definition) is 2. The summed E-state index contributed by atoms with van der Waals surface area (Å²) in [4.78, 5) is 18.2. The van der Waals surface area contributed by atoms with Crippen LogP contribution in [0.25, 0.3) is 0 Å². The molecule has 8 heteroatoms. The summed E-state index contributed by atoms with van der Waals surface area (Å²) >= 11 is 0. The van der Waals surface area contributed by atoms with E-state index in [-0.39, 0.29) is 5.91 Å². The number of nitrogens with zero attached hydrogens (tertiary/aromatic N) is 2. The molecule has 1 fully saturated rings. The average molecular weight is 336 g/mol. The van der Waals surface area contributed by atoms with Gasteiger partial charge in [-0.05, 0) is 33.8 Å². The smallest absolute Gasteiger partial charge is 0.423 e. The van der Waals surface area contributed by atoms with Gasteiger partial charge in [0.1, 0.15) is 0 Å². The van der Waals surface area contributed by atoms with Crippen molar-refractivity contribution in [2.45, 2.75) is 38.9 Å². The second-order valence-electron chi connectivity index (χ2n) is 6.95. The normalized spacial score (nSPS) is 16.2. The highest BCUT2D eigenvalue weighted by molar-refractivity contribution is 6.60. The number of aromatic nitrogens is 1. The highest BCUT2D eigenvalue weighted by Gasteiger charge is 2.39. The van der Waals surface area contributed by atoms with Crippen LogP contribution < -0.4 is 5.46 Å². The standard InChI is InChI=1S/C16H25BN2O5/c1-15(2,21)16(3,4)24-17(22)13-9-12(10-18-11-13)14(20)19-5-7-23-8-6-19/h9-11,21-22H,5-8H2,1-4H3. The molecule has 0 aliphatic carbocycles. The third-order valence-corrected chi connectivity index (χ3v) is 4.47. The van der Waals surface area contributed by atoms with Crippen LogP contribution in [0.2, 0.25) is 0 Å². The molecule has 2 N–H and O–H groups in total. The molecule has 1 aromatic rings. The Kier molecular flexibility index (Phi) is 5.65. The van der Waals surface area contributed by atoms with Crippen molar-refractivity contribution in [3.05, 3.63) is 24.0 Å². The van der Waals surface area contributed by atoms with E-state index in [2.05, 4.69) is 4.98 Å². The lowest BCUT2D eigenvalue weighted by molar-refractivity contribution is -0.0982. The fourth-order valence-corrected chi connectivity index (χ4v) is 2.15. The van der Waals surface area contributed by atoms with Crippen LogP contribution >= 0.6 is 0 Å². The predicted molar refractivity (Wildman–Crippen MR) is 90.0 cm³/mol. The maximum absolute atomic E-state index is 12.5. The molecule has 0 aromatic carbocycles. The lowest BCUT2D eigenvalue weighted by Gasteiger charge is -2.38. The van der Waals surface area contributed by atoms with Crippen molar-refractivity contribution in [1.82, 2.24) is 9.88 Å². The maximum atomic E-state index is 12.5. The molecule has 1 saturated heterocycles. The Bertz CT molecular complexity index is 582. The summed E-state index contributed by atoms with van der Waals surface area (Å²) in [5.74, 6) is -0.151. The monoisotopic (exact) mass is 336 g/mol. The molecule has 7 nitrogen and oxygen atoms in total. The fraction of sp³-hybridized carbons (Fsp3) is 0.625. The molecule has 24 heavy (non-hydrogen) atoms. The first-order chi connectivity index (χ1) is 11.1. The minimum absolute atomic E-state index is 0.151. The molecule has 0 spiro atoms. The van der Waals surface area contributed by atoms with Gasteiger partial charge in [0.25, 0.3) is 5.91 Å². The van der Waals surface area contributed by atoms with Crippen molar-refractivity contribution in [3.8, 4) is 0 Å². The summed E-state index contributed by atoms with van der Waals surface area (Å²) in [6.45, 7) is 8.70. The summed E-state index contributed by atoms with van der Waals surface area (Å²) < 4.78 is 10.8. The first kappa shape index (κ1) is 18.9. The molecule has 2 rings (SSSR count). The van der Waals surface area contributed by atoms with Crippen molar-refractivity contribution >= 4 is 18.5 Å². The highest BCUT2D eigenvalue weighted by atomic mass is 16.5. The van der Waals surface area contributed by atoms with Crippen LogP contribution in [0.15, 0.2) is 18.5 Å². The van der Waals surface area contributed by atoms with Crippen LogP contribution in [0.5, 0.6) is 0 Å². The Labute approximate surface area is 142 Å². The van der Waals surface area contributed by atoms with Crippen LogP contribution in [0, 0.1) is 0 Å². The first-order valence-electron chi connectivity index (χ1n) is 8.02. The zero-order valence-corrected chi connectivity index (χ0v) is 14.7. The molecule has 0 unspecified atom stereocenters. The van der Waals surface area contributed by atoms with Crippen LogP contribution in [-0.4, -0.2) is 70.5 Å². The third kappa shape index (κ3) is 4.33. The molecule has 2 heterocycles. The number of amides is 1. The number of carbonyl (C=O) groups excluding carboxylic acids is 1. The molecule has 1 amide bonds. The van der Waals surface area contributed by atoms with E-state index in [1.165, 1.54) is 12.4 Å². The number of carbonyl (C=O) groups is 1. The molecular weight excluding hydrogens is 311 g/mol. The maximum Gasteiger partial charge on any atom is 0.493 e. The van der Waals surface area contributed by atoms with E-state index in [4.69, 9.17) is 9.39 Å². The van der Waals surface area contributed by atoms with Crippen LogP contribution in [0.4, 0.5) is 0 Å². The average Bonchev–Trinajstić information content (AvgIpc) is 2.53. The summed E-state index contributed by atoms with van der Waals surface area (Å²) in [7, 11) is -1.30. The zero-order chi connectivity index (χ0) is 18.0. The van der Waals surface area contributed by atoms with Gasteiger partial charge in [-0.15, -0.1) is 0 Å². The van der Waals surface area contributed by atoms with Gasteiger partial charge in [-0.3, -0.25) is 9.78 Å². The number of aliphatic hydroxyl groups is 1. The van der Waals surface area contributed by atoms with Crippen molar-refractivity contribution in [2.75, 3.05) is 26.3 Å². The quantitative estimate of drug-likeness (QED) is 0.724. The van der Waals surface area contributed by atoms with E-state index in [1.807, 2.05) is 0 Å². The Morgan fingerprint density at radius 1 is 1.29 bits per heavy atom. The third-order valence-electron chi connectivity index (χ3n) is 4.47. The second-order valence-corrected chi connectivity index (χ2v) is 6.95. The van der Waals surface area contributed by atoms with E-state index < -0.39 is 18.3 Å². The summed E-state index contributed by atoms with van der Waals surface area (Å²) in [5.41, 5.74) is -1.39. The summed E-state index contributed by atoms with van der Waals surface area (Å²) in [6, 6.07) is 1.57. The first-order valence-corrected chi connectivity index (χ1v) is 8.02. The van der Waals surface area contributed by atoms with E-state index in [0.29, 0.717) is 37.3 Å². The number of rotatable bonds is 5. The van der Waals surface area contributed by atoms with Gasteiger partial charge in [0.05, 0.1) is 30.0 Å². The molecule has 0 radical (unpaired) electrons. The minimum Gasteiger partial charge on any atom is -0.423 e. The lowest BCUT2D eigenvalue weighted by atomic mass is 9.77. The van der Waals surface area contributed by atoms with Crippen LogP contribution in [0.3, 0.4) is 0 Å². The molecule has 1 aliphatic heterocycles. The lowest BCUT2D eigenvalue weighted by Crippen LogP contribution is -2.53. The minimum atomic E-state index is -1.30. The van der Waals surface area contributed by atoms with Crippen LogP contribution in [-0.2, 0) is 9.39 Å². The van der Waals surface area contributed by atoms with Gasteiger partial charge >= 0.3 is 7.12 Å². The van der Waals surface area contributed by atoms with Gasteiger partial charge in [0.2, 0.25) is 0 Å². The van der Waals surface area contributed by atoms with Crippen molar-refractivity contribution in [2.24, 2.45) is 0 Å². The van der Waals surface area contributed by atoms with Gasteiger partial charge in [-0.2, -0.15) is 0 Å². The topological polar surface area (TPSA) is 92.1 Å². The van der Waals surface area contributed by atoms with Crippen molar-refractivity contribution in [3.63, 3.8) is 0 Å². The number of morpholine rings is 1. The summed E-state index contributed by atoms with van der Waals surface area (Å²) in [6.07, 6.45) is 2.91. The van der Waals surface area contributed by atoms with Crippen LogP contribution in [0.1, 0.15) is 38.1 Å². The second kappa shape index (κ2) is 7.19. The fourth-order valence-electron chi connectivity index (χ4n) is 2.15. The van der Waals surface area contributed by atoms with Gasteiger partial charge in [0, 0.05) is 30.9 Å². The van der Waals surface area contributed by atoms with E-state index >= 15 is 0 Å². The highest BCUT2D eigenvalue weighted by Crippen LogP contribution is 2.25. The predicted octanol–water partition coefficient (Wildman–Crippen LogP) is -0.192. The number of hydrogen-bond acceptors (Lipinski definition) is 6. The molecule has 0 bridgehead atoms. The van der Waals surface area contributed by atoms with Gasteiger partial charge in [-0.1, -0.05) is 0 Å². The Hall–Kier alpha value is -1.48. The molecule has 0 atom stereocenters. The molecule has 132 valence electrons. The van der Waals surface area contributed by atoms with Gasteiger partial charge in [0.15, 0.2) is 0 Å². The van der Waals surface area contributed by atoms with Crippen molar-refractivity contribution in [1.29, 1.82) is 0 Å². The van der Waals surface area contributed by atoms with E-state index in [1.54, 1.807) is 38.7 Å². The molecular formula is C16H25BN2O5. The Balaban J connectivity index is 2.13. The molecule has 0 saturated carbocycles. The van der Waals surface area contributed by atoms with E-state index in [9.17, 15) is 14.9 Å². The zero-order valence-electron chi connectivity index (χ0n) is 14.7.